The van der Waals surface area contributed by atoms with Crippen LogP contribution in [-0.2, 0) is 28.8 Å². The van der Waals surface area contributed by atoms with Crippen LogP contribution in [0.4, 0.5) is 4.39 Å². The van der Waals surface area contributed by atoms with Gasteiger partial charge in [-0.05, 0) is 73.5 Å². The van der Waals surface area contributed by atoms with Gasteiger partial charge in [-0.25, -0.2) is 14.2 Å². The van der Waals surface area contributed by atoms with E-state index in [1.165, 1.54) is 29.7 Å². The lowest BCUT2D eigenvalue weighted by atomic mass is 9.90. The number of aryl methyl sites for hydroxylation is 1. The molecule has 1 fully saturated rings. The minimum Gasteiger partial charge on any atom is -0.459 e. The standard InChI is InChI=1S/C38H28BrClFN5O5/c1-45-20-33(44-21-45)35(47)24-14-31-34(32(41)15-24)38(25-5-9-27(40)10-6-25,46(36(31)48)19-28-11-2-22(17-42)18-43-28)51-30-13-12-29(16-30)50-37(49)23-3-7-26(39)8-4-23/h2-11,14-15,18,20-21,29-30H,12-13,16,19H2,1H3/t29-,30-,38?/m0/s1. The summed E-state index contributed by atoms with van der Waals surface area (Å²) in [6.45, 7) is -0.139. The number of hydrogen-bond donors (Lipinski definition) is 0. The number of fused-ring (bicyclic) bond motifs is 1. The van der Waals surface area contributed by atoms with Crippen molar-refractivity contribution in [3.8, 4) is 6.07 Å². The van der Waals surface area contributed by atoms with Crippen LogP contribution < -0.4 is 0 Å². The minimum absolute atomic E-state index is 0.0533. The lowest BCUT2D eigenvalue weighted by Gasteiger charge is -2.41. The lowest BCUT2D eigenvalue weighted by molar-refractivity contribution is -0.149. The summed E-state index contributed by atoms with van der Waals surface area (Å²) in [6, 6.07) is 21.1. The number of pyridine rings is 1. The highest BCUT2D eigenvalue weighted by Crippen LogP contribution is 2.50. The van der Waals surface area contributed by atoms with Crippen molar-refractivity contribution >= 4 is 45.2 Å². The van der Waals surface area contributed by atoms with Crippen molar-refractivity contribution in [1.29, 1.82) is 5.26 Å². The maximum Gasteiger partial charge on any atom is 0.338 e. The number of nitriles is 1. The summed E-state index contributed by atoms with van der Waals surface area (Å²) in [5.74, 6) is -2.47. The number of rotatable bonds is 9. The molecule has 1 aliphatic heterocycles. The van der Waals surface area contributed by atoms with Crippen LogP contribution in [0.2, 0.25) is 5.02 Å². The molecule has 10 nitrogen and oxygen atoms in total. The molecule has 5 aromatic rings. The molecule has 3 atom stereocenters. The minimum atomic E-state index is -1.85. The van der Waals surface area contributed by atoms with Crippen molar-refractivity contribution in [2.24, 2.45) is 7.05 Å². The second kappa shape index (κ2) is 13.8. The van der Waals surface area contributed by atoms with Crippen molar-refractivity contribution in [2.75, 3.05) is 0 Å². The molecule has 2 aliphatic rings. The number of hydrogen-bond acceptors (Lipinski definition) is 8. The lowest BCUT2D eigenvalue weighted by Crippen LogP contribution is -2.48. The molecule has 1 aliphatic carbocycles. The number of aromatic nitrogens is 3. The first kappa shape index (κ1) is 34.2. The van der Waals surface area contributed by atoms with Gasteiger partial charge in [0.25, 0.3) is 5.91 Å². The summed E-state index contributed by atoms with van der Waals surface area (Å²) >= 11 is 9.67. The zero-order valence-corrected chi connectivity index (χ0v) is 29.4. The molecule has 1 saturated carbocycles. The van der Waals surface area contributed by atoms with Gasteiger partial charge in [-0.2, -0.15) is 5.26 Å². The average molecular weight is 769 g/mol. The molecule has 0 N–H and O–H groups in total. The van der Waals surface area contributed by atoms with Crippen molar-refractivity contribution in [1.82, 2.24) is 19.4 Å². The van der Waals surface area contributed by atoms with E-state index in [1.54, 1.807) is 72.3 Å². The molecule has 51 heavy (non-hydrogen) atoms. The van der Waals surface area contributed by atoms with Gasteiger partial charge in [0.15, 0.2) is 0 Å². The van der Waals surface area contributed by atoms with Crippen LogP contribution in [0.15, 0.2) is 96.0 Å². The number of nitrogens with zero attached hydrogens (tertiary/aromatic N) is 5. The van der Waals surface area contributed by atoms with Crippen LogP contribution in [0.1, 0.15) is 78.4 Å². The number of ketones is 1. The second-order valence-corrected chi connectivity index (χ2v) is 13.8. The molecule has 3 heterocycles. The maximum absolute atomic E-state index is 16.8. The third-order valence-corrected chi connectivity index (χ3v) is 9.80. The van der Waals surface area contributed by atoms with Gasteiger partial charge in [-0.1, -0.05) is 39.7 Å². The first-order chi connectivity index (χ1) is 24.5. The zero-order chi connectivity index (χ0) is 35.9. The van der Waals surface area contributed by atoms with Crippen LogP contribution in [0, 0.1) is 17.1 Å². The Hall–Kier alpha value is -5.22. The van der Waals surface area contributed by atoms with Crippen LogP contribution in [0.5, 0.6) is 0 Å². The monoisotopic (exact) mass is 767 g/mol. The SMILES string of the molecule is Cn1cnc(C(=O)c2cc(F)c3c(c2)C(=O)N(Cc2ccc(C#N)cn2)C3(O[C@H]2CC[C@H](OC(=O)c3ccc(Br)cc3)C2)c2ccc(Cl)cc2)c1. The van der Waals surface area contributed by atoms with Crippen molar-refractivity contribution in [2.45, 2.75) is 43.7 Å². The Morgan fingerprint density at radius 1 is 1.04 bits per heavy atom. The number of esters is 1. The Labute approximate surface area is 305 Å². The number of ether oxygens (including phenoxy) is 2. The van der Waals surface area contributed by atoms with E-state index in [0.717, 1.165) is 10.5 Å². The highest BCUT2D eigenvalue weighted by molar-refractivity contribution is 9.10. The molecule has 0 radical (unpaired) electrons. The number of imidazole rings is 1. The molecule has 0 saturated heterocycles. The van der Waals surface area contributed by atoms with Crippen molar-refractivity contribution in [3.05, 3.63) is 152 Å². The van der Waals surface area contributed by atoms with Crippen LogP contribution in [0.25, 0.3) is 0 Å². The average Bonchev–Trinajstić information content (AvgIpc) is 3.83. The molecule has 0 spiro atoms. The molecule has 3 aromatic carbocycles. The van der Waals surface area contributed by atoms with Gasteiger partial charge in [0, 0.05) is 46.5 Å². The van der Waals surface area contributed by atoms with Crippen LogP contribution in [0.3, 0.4) is 0 Å². The van der Waals surface area contributed by atoms with Gasteiger partial charge in [-0.3, -0.25) is 19.5 Å². The fraction of sp³-hybridized carbons (Fsp3) is 0.211. The molecular weight excluding hydrogens is 741 g/mol. The summed E-state index contributed by atoms with van der Waals surface area (Å²) in [5, 5.41) is 9.74. The number of benzene rings is 3. The van der Waals surface area contributed by atoms with Gasteiger partial charge in [0.1, 0.15) is 23.7 Å². The normalized spacial score (nSPS) is 19.5. The Balaban J connectivity index is 1.31. The molecule has 7 rings (SSSR count). The summed E-state index contributed by atoms with van der Waals surface area (Å²) in [4.78, 5) is 50.9. The number of amides is 1. The highest BCUT2D eigenvalue weighted by atomic mass is 79.9. The molecule has 13 heteroatoms. The molecule has 1 unspecified atom stereocenters. The Morgan fingerprint density at radius 3 is 2.45 bits per heavy atom. The van der Waals surface area contributed by atoms with Gasteiger partial charge in [0.2, 0.25) is 11.5 Å². The van der Waals surface area contributed by atoms with E-state index in [0.29, 0.717) is 40.2 Å². The Kier molecular flexibility index (Phi) is 9.28. The van der Waals surface area contributed by atoms with Crippen molar-refractivity contribution in [3.63, 3.8) is 0 Å². The Bertz CT molecular complexity index is 2200. The smallest absolute Gasteiger partial charge is 0.338 e. The molecular formula is C38H28BrClFN5O5. The van der Waals surface area contributed by atoms with E-state index in [1.807, 2.05) is 6.07 Å². The molecule has 2 aromatic heterocycles. The first-order valence-electron chi connectivity index (χ1n) is 16.0. The topological polar surface area (TPSA) is 127 Å². The van der Waals surface area contributed by atoms with Crippen LogP contribution >= 0.6 is 27.5 Å². The van der Waals surface area contributed by atoms with E-state index in [9.17, 15) is 19.6 Å². The van der Waals surface area contributed by atoms with Crippen LogP contribution in [-0.4, -0.2) is 49.3 Å². The van der Waals surface area contributed by atoms with Crippen molar-refractivity contribution < 1.29 is 28.2 Å². The first-order valence-corrected chi connectivity index (χ1v) is 17.2. The third-order valence-electron chi connectivity index (χ3n) is 9.02. The van der Waals surface area contributed by atoms with Gasteiger partial charge >= 0.3 is 5.97 Å². The summed E-state index contributed by atoms with van der Waals surface area (Å²) in [6.07, 6.45) is 4.47. The zero-order valence-electron chi connectivity index (χ0n) is 27.1. The maximum atomic E-state index is 16.8. The molecule has 0 bridgehead atoms. The fourth-order valence-electron chi connectivity index (χ4n) is 6.61. The van der Waals surface area contributed by atoms with Gasteiger partial charge in [0.05, 0.1) is 46.9 Å². The van der Waals surface area contributed by atoms with E-state index < -0.39 is 41.4 Å². The fourth-order valence-corrected chi connectivity index (χ4v) is 7.00. The van der Waals surface area contributed by atoms with E-state index in [-0.39, 0.29) is 35.3 Å². The quantitative estimate of drug-likeness (QED) is 0.115. The molecule has 256 valence electrons. The van der Waals surface area contributed by atoms with E-state index in [2.05, 4.69) is 25.9 Å². The summed E-state index contributed by atoms with van der Waals surface area (Å²) < 4.78 is 32.1. The second-order valence-electron chi connectivity index (χ2n) is 12.4. The largest absolute Gasteiger partial charge is 0.459 e. The van der Waals surface area contributed by atoms with E-state index >= 15 is 4.39 Å². The van der Waals surface area contributed by atoms with Gasteiger partial charge < -0.3 is 14.0 Å². The predicted molar refractivity (Wildman–Crippen MR) is 186 cm³/mol. The number of carbonyl (C=O) groups is 3. The number of carbonyl (C=O) groups excluding carboxylic acids is 3. The predicted octanol–water partition coefficient (Wildman–Crippen LogP) is 7.12. The summed E-state index contributed by atoms with van der Waals surface area (Å²) in [7, 11) is 1.71. The number of halogens is 3. The third kappa shape index (κ3) is 6.56. The molecule has 1 amide bonds. The van der Waals surface area contributed by atoms with Gasteiger partial charge in [-0.15, -0.1) is 0 Å². The van der Waals surface area contributed by atoms with E-state index in [4.69, 9.17) is 21.1 Å². The Morgan fingerprint density at radius 2 is 1.78 bits per heavy atom. The summed E-state index contributed by atoms with van der Waals surface area (Å²) in [5.41, 5.74) is -0.397. The highest BCUT2D eigenvalue weighted by Gasteiger charge is 2.56.